The van der Waals surface area contributed by atoms with E-state index in [0.717, 1.165) is 37.3 Å². The smallest absolute Gasteiger partial charge is 0.221 e. The Labute approximate surface area is 157 Å². The number of carbonyl (C=O) groups excluding carboxylic acids is 1. The van der Waals surface area contributed by atoms with Gasteiger partial charge in [0, 0.05) is 37.6 Å². The summed E-state index contributed by atoms with van der Waals surface area (Å²) in [6.07, 6.45) is 3.37. The molecule has 0 saturated carbocycles. The number of nitrogens with zero attached hydrogens (tertiary/aromatic N) is 4. The Kier molecular flexibility index (Phi) is 5.19. The monoisotopic (exact) mass is 375 g/mol. The van der Waals surface area contributed by atoms with Crippen LogP contribution in [0.2, 0.25) is 5.02 Å². The number of rotatable bonds is 5. The molecule has 0 radical (unpaired) electrons. The van der Waals surface area contributed by atoms with E-state index in [1.807, 2.05) is 28.9 Å². The molecule has 4 rings (SSSR count). The highest BCUT2D eigenvalue weighted by Crippen LogP contribution is 2.29. The van der Waals surface area contributed by atoms with E-state index in [9.17, 15) is 4.79 Å². The first-order chi connectivity index (χ1) is 12.7. The molecule has 8 heteroatoms. The molecule has 1 aromatic carbocycles. The van der Waals surface area contributed by atoms with Gasteiger partial charge >= 0.3 is 0 Å². The lowest BCUT2D eigenvalue weighted by molar-refractivity contribution is -0.122. The van der Waals surface area contributed by atoms with E-state index in [2.05, 4.69) is 20.5 Å². The van der Waals surface area contributed by atoms with E-state index in [0.29, 0.717) is 24.6 Å². The van der Waals surface area contributed by atoms with E-state index < -0.39 is 0 Å². The third kappa shape index (κ3) is 3.75. The van der Waals surface area contributed by atoms with Crippen LogP contribution in [-0.4, -0.2) is 51.5 Å². The summed E-state index contributed by atoms with van der Waals surface area (Å²) in [5.41, 5.74) is 1.95. The fraction of sp³-hybridized carbons (Fsp3) is 0.500. The molecule has 26 heavy (non-hydrogen) atoms. The maximum Gasteiger partial charge on any atom is 0.221 e. The summed E-state index contributed by atoms with van der Waals surface area (Å²) in [6.45, 7) is 3.53. The number of hydrogen-bond donors (Lipinski definition) is 1. The van der Waals surface area contributed by atoms with Crippen molar-refractivity contribution in [1.29, 1.82) is 0 Å². The zero-order chi connectivity index (χ0) is 17.9. The number of ether oxygens (including phenoxy) is 1. The number of halogens is 1. The van der Waals surface area contributed by atoms with Crippen molar-refractivity contribution in [1.82, 2.24) is 25.2 Å². The number of amides is 1. The van der Waals surface area contributed by atoms with E-state index in [-0.39, 0.29) is 18.1 Å². The molecule has 1 N–H and O–H groups in total. The molecular weight excluding hydrogens is 354 g/mol. The maximum atomic E-state index is 12.2. The Hall–Kier alpha value is -1.96. The molecule has 0 aliphatic carbocycles. The first kappa shape index (κ1) is 17.5. The van der Waals surface area contributed by atoms with Crippen LogP contribution in [0.4, 0.5) is 0 Å². The Morgan fingerprint density at radius 3 is 3.15 bits per heavy atom. The molecule has 2 aliphatic rings. The van der Waals surface area contributed by atoms with Gasteiger partial charge in [0.25, 0.3) is 0 Å². The molecule has 3 heterocycles. The summed E-state index contributed by atoms with van der Waals surface area (Å²) in [5, 5.41) is 11.8. The highest BCUT2D eigenvalue weighted by Gasteiger charge is 2.36. The van der Waals surface area contributed by atoms with Gasteiger partial charge in [-0.3, -0.25) is 4.79 Å². The van der Waals surface area contributed by atoms with Gasteiger partial charge in [-0.2, -0.15) is 0 Å². The number of carbonyl (C=O) groups is 1. The predicted molar refractivity (Wildman–Crippen MR) is 96.6 cm³/mol. The second-order valence-corrected chi connectivity index (χ2v) is 7.20. The number of fused-ring (bicyclic) bond motifs is 3. The zero-order valence-electron chi connectivity index (χ0n) is 14.5. The van der Waals surface area contributed by atoms with Gasteiger partial charge in [0.2, 0.25) is 5.91 Å². The van der Waals surface area contributed by atoms with Crippen LogP contribution in [0.3, 0.4) is 0 Å². The van der Waals surface area contributed by atoms with Gasteiger partial charge in [-0.15, -0.1) is 5.10 Å². The van der Waals surface area contributed by atoms with Gasteiger partial charge in [-0.1, -0.05) is 35.0 Å². The van der Waals surface area contributed by atoms with Crippen LogP contribution in [0.25, 0.3) is 0 Å². The van der Waals surface area contributed by atoms with Crippen LogP contribution >= 0.6 is 11.6 Å². The van der Waals surface area contributed by atoms with Gasteiger partial charge in [0.05, 0.1) is 30.6 Å². The van der Waals surface area contributed by atoms with Gasteiger partial charge in [-0.05, 0) is 18.1 Å². The number of aromatic nitrogens is 3. The van der Waals surface area contributed by atoms with Crippen molar-refractivity contribution in [3.8, 4) is 0 Å². The summed E-state index contributed by atoms with van der Waals surface area (Å²) in [5.74, 6) is 0.0355. The molecule has 1 fully saturated rings. The largest absolute Gasteiger partial charge is 0.370 e. The minimum Gasteiger partial charge on any atom is -0.370 e. The molecule has 1 amide bonds. The summed E-state index contributed by atoms with van der Waals surface area (Å²) in [6, 6.07) is 7.74. The van der Waals surface area contributed by atoms with Crippen molar-refractivity contribution in [3.05, 3.63) is 46.7 Å². The van der Waals surface area contributed by atoms with Crippen molar-refractivity contribution >= 4 is 17.5 Å². The third-order valence-corrected chi connectivity index (χ3v) is 5.47. The molecule has 7 nitrogen and oxygen atoms in total. The Balaban J connectivity index is 1.26. The summed E-state index contributed by atoms with van der Waals surface area (Å²) in [4.78, 5) is 14.5. The predicted octanol–water partition coefficient (Wildman–Crippen LogP) is 1.78. The van der Waals surface area contributed by atoms with Gasteiger partial charge in [0.15, 0.2) is 0 Å². The quantitative estimate of drug-likeness (QED) is 0.862. The fourth-order valence-corrected chi connectivity index (χ4v) is 3.83. The average Bonchev–Trinajstić information content (AvgIpc) is 3.15. The molecular formula is C18H22ClN5O2. The van der Waals surface area contributed by atoms with Crippen LogP contribution < -0.4 is 5.32 Å². The summed E-state index contributed by atoms with van der Waals surface area (Å²) >= 11 is 6.12. The minimum atomic E-state index is 0.0355. The summed E-state index contributed by atoms with van der Waals surface area (Å²) < 4.78 is 7.90. The maximum absolute atomic E-state index is 12.2. The van der Waals surface area contributed by atoms with Crippen LogP contribution in [0, 0.1) is 0 Å². The number of hydrogen-bond acceptors (Lipinski definition) is 5. The lowest BCUT2D eigenvalue weighted by Gasteiger charge is -2.40. The topological polar surface area (TPSA) is 72.3 Å². The molecule has 2 aliphatic heterocycles. The van der Waals surface area contributed by atoms with Crippen LogP contribution in [0.15, 0.2) is 30.5 Å². The van der Waals surface area contributed by atoms with Gasteiger partial charge < -0.3 is 15.0 Å². The SMILES string of the molecule is O=C(CCN1CC[C@H]2OCc3cnnn3[C@H]2C1)NCc1ccccc1Cl. The average molecular weight is 376 g/mol. The molecule has 0 bridgehead atoms. The van der Waals surface area contributed by atoms with E-state index in [1.165, 1.54) is 0 Å². The normalized spacial score (nSPS) is 22.5. The fourth-order valence-electron chi connectivity index (χ4n) is 3.63. The highest BCUT2D eigenvalue weighted by atomic mass is 35.5. The van der Waals surface area contributed by atoms with Crippen molar-refractivity contribution in [2.24, 2.45) is 0 Å². The number of likely N-dealkylation sites (tertiary alicyclic amines) is 1. The molecule has 2 aromatic rings. The molecule has 0 unspecified atom stereocenters. The second-order valence-electron chi connectivity index (χ2n) is 6.79. The Morgan fingerprint density at radius 1 is 1.38 bits per heavy atom. The van der Waals surface area contributed by atoms with Crippen LogP contribution in [0.1, 0.15) is 30.1 Å². The van der Waals surface area contributed by atoms with E-state index in [4.69, 9.17) is 16.3 Å². The lowest BCUT2D eigenvalue weighted by atomic mass is 10.0. The first-order valence-electron chi connectivity index (χ1n) is 8.94. The number of benzene rings is 1. The molecule has 0 spiro atoms. The zero-order valence-corrected chi connectivity index (χ0v) is 15.2. The molecule has 1 aromatic heterocycles. The first-order valence-corrected chi connectivity index (χ1v) is 9.31. The van der Waals surface area contributed by atoms with Crippen molar-refractivity contribution in [3.63, 3.8) is 0 Å². The Bertz CT molecular complexity index is 780. The summed E-state index contributed by atoms with van der Waals surface area (Å²) in [7, 11) is 0. The van der Waals surface area contributed by atoms with E-state index in [1.54, 1.807) is 6.20 Å². The molecule has 138 valence electrons. The number of piperidine rings is 1. The highest BCUT2D eigenvalue weighted by molar-refractivity contribution is 6.31. The van der Waals surface area contributed by atoms with Gasteiger partial charge in [0.1, 0.15) is 0 Å². The van der Waals surface area contributed by atoms with Crippen molar-refractivity contribution in [2.75, 3.05) is 19.6 Å². The second kappa shape index (κ2) is 7.73. The standard InChI is InChI=1S/C18H22ClN5O2/c19-15-4-2-1-3-13(15)9-20-18(25)6-8-23-7-5-17-16(11-23)24-14(12-26-17)10-21-22-24/h1-4,10,16-17H,5-9,11-12H2,(H,20,25)/t16-,17+/m0/s1. The minimum absolute atomic E-state index is 0.0355. The molecule has 2 atom stereocenters. The van der Waals surface area contributed by atoms with Crippen LogP contribution in [0.5, 0.6) is 0 Å². The Morgan fingerprint density at radius 2 is 2.27 bits per heavy atom. The molecule has 1 saturated heterocycles. The third-order valence-electron chi connectivity index (χ3n) is 5.10. The van der Waals surface area contributed by atoms with Crippen molar-refractivity contribution < 1.29 is 9.53 Å². The lowest BCUT2D eigenvalue weighted by Crippen LogP contribution is -2.48. The number of nitrogens with one attached hydrogen (secondary N) is 1. The van der Waals surface area contributed by atoms with Crippen molar-refractivity contribution in [2.45, 2.75) is 38.1 Å². The van der Waals surface area contributed by atoms with Crippen LogP contribution in [-0.2, 0) is 22.7 Å². The van der Waals surface area contributed by atoms with E-state index >= 15 is 0 Å². The van der Waals surface area contributed by atoms with Gasteiger partial charge in [-0.25, -0.2) is 4.68 Å².